The fraction of sp³-hybridized carbons (Fsp3) is 0.619. The fourth-order valence-corrected chi connectivity index (χ4v) is 6.04. The van der Waals surface area contributed by atoms with Crippen LogP contribution in [0.3, 0.4) is 0 Å². The highest BCUT2D eigenvalue weighted by molar-refractivity contribution is 6.30. The van der Waals surface area contributed by atoms with Crippen molar-refractivity contribution in [1.82, 2.24) is 16.0 Å². The number of urea groups is 1. The zero-order valence-corrected chi connectivity index (χ0v) is 16.5. The first kappa shape index (κ1) is 18.8. The second-order valence-corrected chi connectivity index (χ2v) is 9.29. The molecule has 1 atom stereocenters. The molecule has 4 bridgehead atoms. The Balaban J connectivity index is 1.25. The van der Waals surface area contributed by atoms with Gasteiger partial charge in [-0.05, 0) is 80.9 Å². The van der Waals surface area contributed by atoms with Crippen molar-refractivity contribution in [3.63, 3.8) is 0 Å². The molecule has 3 amide bonds. The van der Waals surface area contributed by atoms with Crippen molar-refractivity contribution in [3.8, 4) is 0 Å². The summed E-state index contributed by atoms with van der Waals surface area (Å²) in [6.07, 6.45) is 7.20. The molecule has 0 aliphatic heterocycles. The van der Waals surface area contributed by atoms with Crippen LogP contribution in [0.4, 0.5) is 4.79 Å². The number of nitrogens with one attached hydrogen (secondary N) is 3. The Morgan fingerprint density at radius 2 is 1.78 bits per heavy atom. The maximum Gasteiger partial charge on any atom is 0.321 e. The Bertz CT molecular complexity index is 701. The van der Waals surface area contributed by atoms with Crippen LogP contribution < -0.4 is 16.0 Å². The number of rotatable bonds is 5. The predicted molar refractivity (Wildman–Crippen MR) is 105 cm³/mol. The number of imide groups is 1. The summed E-state index contributed by atoms with van der Waals surface area (Å²) in [5.74, 6) is 1.96. The van der Waals surface area contributed by atoms with Crippen molar-refractivity contribution >= 4 is 23.5 Å². The third-order valence-corrected chi connectivity index (χ3v) is 6.82. The molecule has 5 rings (SSSR count). The molecule has 0 unspecified atom stereocenters. The van der Waals surface area contributed by atoms with Crippen molar-refractivity contribution in [2.45, 2.75) is 57.0 Å². The van der Waals surface area contributed by atoms with Crippen LogP contribution in [0.1, 0.15) is 57.1 Å². The number of carbonyl (C=O) groups is 2. The van der Waals surface area contributed by atoms with E-state index in [-0.39, 0.29) is 30.1 Å². The van der Waals surface area contributed by atoms with E-state index in [1.807, 2.05) is 31.2 Å². The highest BCUT2D eigenvalue weighted by Crippen LogP contribution is 2.55. The molecule has 1 aromatic carbocycles. The molecule has 0 spiro atoms. The van der Waals surface area contributed by atoms with Crippen LogP contribution in [0, 0.1) is 17.8 Å². The molecule has 0 saturated heterocycles. The van der Waals surface area contributed by atoms with Crippen LogP contribution in [-0.4, -0.2) is 24.0 Å². The Kier molecular flexibility index (Phi) is 5.17. The molecule has 1 aromatic rings. The lowest BCUT2D eigenvalue weighted by molar-refractivity contribution is -0.119. The second kappa shape index (κ2) is 7.44. The molecule has 6 heteroatoms. The molecule has 27 heavy (non-hydrogen) atoms. The van der Waals surface area contributed by atoms with Gasteiger partial charge in [0.1, 0.15) is 0 Å². The predicted octanol–water partition coefficient (Wildman–Crippen LogP) is 3.79. The average Bonchev–Trinajstić information content (AvgIpc) is 2.57. The standard InChI is InChI=1S/C21H28ClN3O2/c1-13(17-3-2-4-18(22)8-17)23-12-19(26)24-20(27)25-21-9-14-5-15(10-21)7-16(6-14)11-21/h2-4,8,13-16,23H,5-7,9-12H2,1H3,(H2,24,25,26,27)/t13-,14?,15?,16?,21?/m0/s1. The Morgan fingerprint density at radius 1 is 1.15 bits per heavy atom. The van der Waals surface area contributed by atoms with Crippen molar-refractivity contribution in [1.29, 1.82) is 0 Å². The minimum atomic E-state index is -0.348. The van der Waals surface area contributed by atoms with Gasteiger partial charge in [-0.25, -0.2) is 4.79 Å². The Morgan fingerprint density at radius 3 is 2.37 bits per heavy atom. The summed E-state index contributed by atoms with van der Waals surface area (Å²) < 4.78 is 0. The Labute approximate surface area is 165 Å². The van der Waals surface area contributed by atoms with Gasteiger partial charge in [0.05, 0.1) is 6.54 Å². The van der Waals surface area contributed by atoms with E-state index < -0.39 is 0 Å². The Hall–Kier alpha value is -1.59. The third-order valence-electron chi connectivity index (χ3n) is 6.59. The van der Waals surface area contributed by atoms with Crippen molar-refractivity contribution in [3.05, 3.63) is 34.9 Å². The van der Waals surface area contributed by atoms with Crippen molar-refractivity contribution in [2.75, 3.05) is 6.54 Å². The minimum Gasteiger partial charge on any atom is -0.332 e. The van der Waals surface area contributed by atoms with Gasteiger partial charge in [0.25, 0.3) is 0 Å². The molecule has 4 aliphatic carbocycles. The van der Waals surface area contributed by atoms with Gasteiger partial charge >= 0.3 is 6.03 Å². The summed E-state index contributed by atoms with van der Waals surface area (Å²) in [7, 11) is 0. The van der Waals surface area contributed by atoms with Gasteiger partial charge in [0, 0.05) is 16.6 Å². The summed E-state index contributed by atoms with van der Waals surface area (Å²) in [5, 5.41) is 9.47. The van der Waals surface area contributed by atoms with E-state index in [2.05, 4.69) is 16.0 Å². The maximum atomic E-state index is 12.4. The molecule has 0 aromatic heterocycles. The van der Waals surface area contributed by atoms with Gasteiger partial charge < -0.3 is 10.6 Å². The quantitative estimate of drug-likeness (QED) is 0.717. The lowest BCUT2D eigenvalue weighted by Gasteiger charge is -2.56. The number of benzene rings is 1. The summed E-state index contributed by atoms with van der Waals surface area (Å²) in [4.78, 5) is 24.6. The van der Waals surface area contributed by atoms with Crippen LogP contribution in [0.15, 0.2) is 24.3 Å². The van der Waals surface area contributed by atoms with E-state index in [1.54, 1.807) is 0 Å². The molecule has 5 nitrogen and oxygen atoms in total. The van der Waals surface area contributed by atoms with Gasteiger partial charge in [-0.15, -0.1) is 0 Å². The molecule has 146 valence electrons. The lowest BCUT2D eigenvalue weighted by atomic mass is 9.53. The number of amides is 3. The van der Waals surface area contributed by atoms with Crippen molar-refractivity contribution < 1.29 is 9.59 Å². The molecular formula is C21H28ClN3O2. The molecule has 4 fully saturated rings. The molecule has 3 N–H and O–H groups in total. The van der Waals surface area contributed by atoms with Crippen LogP contribution in [0.5, 0.6) is 0 Å². The van der Waals surface area contributed by atoms with E-state index in [0.29, 0.717) is 5.02 Å². The van der Waals surface area contributed by atoms with E-state index in [1.165, 1.54) is 19.3 Å². The van der Waals surface area contributed by atoms with Gasteiger partial charge in [0.2, 0.25) is 5.91 Å². The van der Waals surface area contributed by atoms with E-state index in [4.69, 9.17) is 11.6 Å². The fourth-order valence-electron chi connectivity index (χ4n) is 5.85. The largest absolute Gasteiger partial charge is 0.332 e. The highest BCUT2D eigenvalue weighted by atomic mass is 35.5. The maximum absolute atomic E-state index is 12.4. The molecule has 0 heterocycles. The lowest BCUT2D eigenvalue weighted by Crippen LogP contribution is -2.62. The third kappa shape index (κ3) is 4.30. The zero-order chi connectivity index (χ0) is 19.0. The van der Waals surface area contributed by atoms with E-state index >= 15 is 0 Å². The monoisotopic (exact) mass is 389 g/mol. The topological polar surface area (TPSA) is 70.2 Å². The van der Waals surface area contributed by atoms with Crippen LogP contribution in [0.2, 0.25) is 5.02 Å². The molecular weight excluding hydrogens is 362 g/mol. The summed E-state index contributed by atoms with van der Waals surface area (Å²) >= 11 is 6.01. The highest BCUT2D eigenvalue weighted by Gasteiger charge is 2.51. The van der Waals surface area contributed by atoms with E-state index in [0.717, 1.165) is 42.6 Å². The zero-order valence-electron chi connectivity index (χ0n) is 15.8. The van der Waals surface area contributed by atoms with Gasteiger partial charge in [0.15, 0.2) is 0 Å². The second-order valence-electron chi connectivity index (χ2n) is 8.86. The number of carbonyl (C=O) groups excluding carboxylic acids is 2. The van der Waals surface area contributed by atoms with Gasteiger partial charge in [-0.1, -0.05) is 23.7 Å². The van der Waals surface area contributed by atoms with Gasteiger partial charge in [-0.3, -0.25) is 10.1 Å². The summed E-state index contributed by atoms with van der Waals surface area (Å²) in [5.41, 5.74) is 0.925. The minimum absolute atomic E-state index is 0.0272. The SMILES string of the molecule is C[C@H](NCC(=O)NC(=O)NC12CC3CC(CC(C3)C1)C2)c1cccc(Cl)c1. The van der Waals surface area contributed by atoms with Crippen molar-refractivity contribution in [2.24, 2.45) is 17.8 Å². The molecule has 4 aliphatic rings. The number of hydrogen-bond donors (Lipinski definition) is 3. The number of halogens is 1. The van der Waals surface area contributed by atoms with Gasteiger partial charge in [-0.2, -0.15) is 0 Å². The first-order valence-electron chi connectivity index (χ1n) is 10.0. The number of hydrogen-bond acceptors (Lipinski definition) is 3. The first-order valence-corrected chi connectivity index (χ1v) is 10.4. The molecule has 0 radical (unpaired) electrons. The van der Waals surface area contributed by atoms with E-state index in [9.17, 15) is 9.59 Å². The average molecular weight is 390 g/mol. The summed E-state index contributed by atoms with van der Waals surface area (Å²) in [6.45, 7) is 2.05. The van der Waals surface area contributed by atoms with Crippen LogP contribution in [0.25, 0.3) is 0 Å². The smallest absolute Gasteiger partial charge is 0.321 e. The normalized spacial score (nSPS) is 32.1. The van der Waals surface area contributed by atoms with Crippen LogP contribution >= 0.6 is 11.6 Å². The first-order chi connectivity index (χ1) is 12.9. The van der Waals surface area contributed by atoms with Crippen LogP contribution in [-0.2, 0) is 4.79 Å². The summed E-state index contributed by atoms with van der Waals surface area (Å²) in [6, 6.07) is 7.16. The molecule has 4 saturated carbocycles.